The third kappa shape index (κ3) is 5.80. The summed E-state index contributed by atoms with van der Waals surface area (Å²) in [4.78, 5) is 40.2. The first-order valence-corrected chi connectivity index (χ1v) is 11.8. The molecule has 0 radical (unpaired) electrons. The van der Waals surface area contributed by atoms with Gasteiger partial charge in [0.05, 0.1) is 13.0 Å². The summed E-state index contributed by atoms with van der Waals surface area (Å²) in [6.07, 6.45) is -0.591. The quantitative estimate of drug-likeness (QED) is 0.565. The van der Waals surface area contributed by atoms with Crippen LogP contribution in [0, 0.1) is 0 Å². The number of carboxylic acids is 1. The first-order valence-electron chi connectivity index (χ1n) is 11.8. The second-order valence-corrected chi connectivity index (χ2v) is 8.79. The second-order valence-electron chi connectivity index (χ2n) is 8.79. The minimum atomic E-state index is -0.860. The third-order valence-electron chi connectivity index (χ3n) is 6.59. The molecule has 35 heavy (non-hydrogen) atoms. The number of aliphatic carboxylic acids is 1. The van der Waals surface area contributed by atoms with E-state index in [0.717, 1.165) is 22.3 Å². The molecule has 1 fully saturated rings. The molecule has 0 spiro atoms. The Hall–Kier alpha value is -3.43. The van der Waals surface area contributed by atoms with Crippen LogP contribution in [0.5, 0.6) is 0 Å². The number of rotatable bonds is 9. The van der Waals surface area contributed by atoms with E-state index in [0.29, 0.717) is 32.7 Å². The Morgan fingerprint density at radius 1 is 1.00 bits per heavy atom. The fourth-order valence-electron chi connectivity index (χ4n) is 4.79. The molecule has 0 saturated carbocycles. The van der Waals surface area contributed by atoms with Crippen LogP contribution in [0.25, 0.3) is 11.1 Å². The molecule has 1 saturated heterocycles. The van der Waals surface area contributed by atoms with Gasteiger partial charge >= 0.3 is 12.1 Å². The van der Waals surface area contributed by atoms with Gasteiger partial charge in [0.25, 0.3) is 0 Å². The summed E-state index contributed by atoms with van der Waals surface area (Å²) in [6.45, 7) is 2.75. The zero-order valence-electron chi connectivity index (χ0n) is 19.8. The normalized spacial score (nSPS) is 16.3. The van der Waals surface area contributed by atoms with Crippen LogP contribution < -0.4 is 5.32 Å². The van der Waals surface area contributed by atoms with E-state index < -0.39 is 18.1 Å². The average Bonchev–Trinajstić information content (AvgIpc) is 3.19. The van der Waals surface area contributed by atoms with Gasteiger partial charge in [0.2, 0.25) is 5.91 Å². The molecular weight excluding hydrogens is 450 g/mol. The molecule has 1 heterocycles. The number of carbonyl (C=O) groups is 3. The predicted molar refractivity (Wildman–Crippen MR) is 129 cm³/mol. The standard InChI is InChI=1S/C26H31N3O6/c1-34-17-23(25(32)29-14-12-28(13-15-29)11-10-24(30)31)27-26(33)35-16-22-20-8-4-2-6-18(20)19-7-3-5-9-21(19)22/h2-9,22-23H,10-17H2,1H3,(H,27,33)(H,30,31)/t23-/m0/s1. The molecule has 1 atom stereocenters. The molecule has 0 aromatic heterocycles. The van der Waals surface area contributed by atoms with Crippen LogP contribution in [-0.2, 0) is 19.1 Å². The maximum absolute atomic E-state index is 13.0. The van der Waals surface area contributed by atoms with Crippen molar-refractivity contribution in [1.82, 2.24) is 15.1 Å². The van der Waals surface area contributed by atoms with Crippen LogP contribution in [0.2, 0.25) is 0 Å². The van der Waals surface area contributed by atoms with Gasteiger partial charge in [0.15, 0.2) is 0 Å². The van der Waals surface area contributed by atoms with Crippen molar-refractivity contribution < 1.29 is 29.0 Å². The minimum absolute atomic E-state index is 0.0300. The van der Waals surface area contributed by atoms with Gasteiger partial charge in [-0.25, -0.2) is 4.79 Å². The highest BCUT2D eigenvalue weighted by atomic mass is 16.5. The summed E-state index contributed by atoms with van der Waals surface area (Å²) < 4.78 is 10.8. The first-order chi connectivity index (χ1) is 17.0. The number of benzene rings is 2. The van der Waals surface area contributed by atoms with Crippen LogP contribution in [0.3, 0.4) is 0 Å². The van der Waals surface area contributed by atoms with Crippen molar-refractivity contribution in [2.75, 3.05) is 53.0 Å². The number of fused-ring (bicyclic) bond motifs is 3. The predicted octanol–water partition coefficient (Wildman–Crippen LogP) is 2.16. The molecule has 1 aliphatic heterocycles. The number of alkyl carbamates (subject to hydrolysis) is 1. The lowest BCUT2D eigenvalue weighted by Crippen LogP contribution is -2.56. The van der Waals surface area contributed by atoms with Gasteiger partial charge in [-0.2, -0.15) is 0 Å². The highest BCUT2D eigenvalue weighted by Crippen LogP contribution is 2.44. The van der Waals surface area contributed by atoms with E-state index in [1.807, 2.05) is 29.2 Å². The van der Waals surface area contributed by atoms with Gasteiger partial charge in [0.1, 0.15) is 12.6 Å². The molecule has 9 heteroatoms. The number of carboxylic acid groups (broad SMARTS) is 1. The lowest BCUT2D eigenvalue weighted by Gasteiger charge is -2.36. The SMILES string of the molecule is COC[C@H](NC(=O)OCC1c2ccccc2-c2ccccc21)C(=O)N1CCN(CCC(=O)O)CC1. The van der Waals surface area contributed by atoms with Gasteiger partial charge in [0, 0.05) is 45.8 Å². The topological polar surface area (TPSA) is 108 Å². The maximum atomic E-state index is 13.0. The summed E-state index contributed by atoms with van der Waals surface area (Å²) in [6, 6.07) is 15.3. The summed E-state index contributed by atoms with van der Waals surface area (Å²) in [5.41, 5.74) is 4.53. The van der Waals surface area contributed by atoms with E-state index >= 15 is 0 Å². The van der Waals surface area contributed by atoms with E-state index in [1.54, 1.807) is 4.90 Å². The molecule has 0 unspecified atom stereocenters. The lowest BCUT2D eigenvalue weighted by atomic mass is 9.98. The smallest absolute Gasteiger partial charge is 0.407 e. The van der Waals surface area contributed by atoms with E-state index in [1.165, 1.54) is 7.11 Å². The van der Waals surface area contributed by atoms with Gasteiger partial charge in [-0.15, -0.1) is 0 Å². The highest BCUT2D eigenvalue weighted by Gasteiger charge is 2.31. The van der Waals surface area contributed by atoms with E-state index in [4.69, 9.17) is 14.6 Å². The zero-order valence-corrected chi connectivity index (χ0v) is 19.8. The van der Waals surface area contributed by atoms with Crippen molar-refractivity contribution >= 4 is 18.0 Å². The Labute approximate surface area is 204 Å². The molecule has 1 aliphatic carbocycles. The molecule has 0 bridgehead atoms. The van der Waals surface area contributed by atoms with Crippen molar-refractivity contribution in [2.45, 2.75) is 18.4 Å². The van der Waals surface area contributed by atoms with E-state index in [9.17, 15) is 14.4 Å². The Bertz CT molecular complexity index is 1020. The molecule has 4 rings (SSSR count). The van der Waals surface area contributed by atoms with Crippen LogP contribution in [-0.4, -0.2) is 92.0 Å². The summed E-state index contributed by atoms with van der Waals surface area (Å²) >= 11 is 0. The van der Waals surface area contributed by atoms with E-state index in [2.05, 4.69) is 29.6 Å². The fraction of sp³-hybridized carbons (Fsp3) is 0.423. The number of piperazine rings is 1. The fourth-order valence-corrected chi connectivity index (χ4v) is 4.79. The molecule has 2 aliphatic rings. The Morgan fingerprint density at radius 2 is 1.60 bits per heavy atom. The number of ether oxygens (including phenoxy) is 2. The average molecular weight is 482 g/mol. The van der Waals surface area contributed by atoms with Gasteiger partial charge < -0.3 is 24.8 Å². The van der Waals surface area contributed by atoms with Crippen LogP contribution in [0.15, 0.2) is 48.5 Å². The van der Waals surface area contributed by atoms with Crippen molar-refractivity contribution in [2.24, 2.45) is 0 Å². The van der Waals surface area contributed by atoms with Crippen molar-refractivity contribution in [3.63, 3.8) is 0 Å². The number of hydrogen-bond donors (Lipinski definition) is 2. The summed E-state index contributed by atoms with van der Waals surface area (Å²) in [5.74, 6) is -1.14. The van der Waals surface area contributed by atoms with Gasteiger partial charge in [-0.3, -0.25) is 14.5 Å². The third-order valence-corrected chi connectivity index (χ3v) is 6.59. The Balaban J connectivity index is 1.33. The molecule has 186 valence electrons. The lowest BCUT2D eigenvalue weighted by molar-refractivity contribution is -0.139. The number of nitrogens with one attached hydrogen (secondary N) is 1. The van der Waals surface area contributed by atoms with Gasteiger partial charge in [-0.1, -0.05) is 48.5 Å². The van der Waals surface area contributed by atoms with Crippen molar-refractivity contribution in [3.8, 4) is 11.1 Å². The summed E-state index contributed by atoms with van der Waals surface area (Å²) in [5, 5.41) is 11.5. The largest absolute Gasteiger partial charge is 0.481 e. The maximum Gasteiger partial charge on any atom is 0.407 e. The first kappa shape index (κ1) is 24.7. The minimum Gasteiger partial charge on any atom is -0.481 e. The Kier molecular flexibility index (Phi) is 7.99. The van der Waals surface area contributed by atoms with E-state index in [-0.39, 0.29) is 31.5 Å². The van der Waals surface area contributed by atoms with Crippen LogP contribution >= 0.6 is 0 Å². The molecule has 9 nitrogen and oxygen atoms in total. The molecule has 2 aromatic carbocycles. The molecular formula is C26H31N3O6. The zero-order chi connectivity index (χ0) is 24.8. The van der Waals surface area contributed by atoms with Crippen LogP contribution in [0.1, 0.15) is 23.5 Å². The molecule has 2 amide bonds. The van der Waals surface area contributed by atoms with Crippen molar-refractivity contribution in [3.05, 3.63) is 59.7 Å². The number of hydrogen-bond acceptors (Lipinski definition) is 6. The second kappa shape index (κ2) is 11.3. The monoisotopic (exact) mass is 481 g/mol. The van der Waals surface area contributed by atoms with Gasteiger partial charge in [-0.05, 0) is 22.3 Å². The number of nitrogens with zero attached hydrogens (tertiary/aromatic N) is 2. The van der Waals surface area contributed by atoms with Crippen LogP contribution in [0.4, 0.5) is 4.79 Å². The highest BCUT2D eigenvalue weighted by molar-refractivity contribution is 5.86. The molecule has 2 N–H and O–H groups in total. The van der Waals surface area contributed by atoms with Crippen molar-refractivity contribution in [1.29, 1.82) is 0 Å². The summed E-state index contributed by atoms with van der Waals surface area (Å²) in [7, 11) is 1.48. The molecule has 2 aromatic rings. The number of methoxy groups -OCH3 is 1. The number of carbonyl (C=O) groups excluding carboxylic acids is 2. The number of amides is 2. The Morgan fingerprint density at radius 3 is 2.17 bits per heavy atom.